The summed E-state index contributed by atoms with van der Waals surface area (Å²) < 4.78 is 0. The van der Waals surface area contributed by atoms with Gasteiger partial charge in [-0.2, -0.15) is 5.10 Å². The van der Waals surface area contributed by atoms with Gasteiger partial charge in [-0.15, -0.1) is 5.10 Å². The first kappa shape index (κ1) is 8.90. The minimum absolute atomic E-state index is 0.0826. The first-order chi connectivity index (χ1) is 5.41. The van der Waals surface area contributed by atoms with Gasteiger partial charge < -0.3 is 5.11 Å². The Morgan fingerprint density at radius 3 is 2.25 bits per heavy atom. The highest BCUT2D eigenvalue weighted by atomic mass is 16.4. The largest absolute Gasteiger partial charge is 0.477 e. The van der Waals surface area contributed by atoms with Crippen molar-refractivity contribution in [1.29, 1.82) is 0 Å². The second-order valence-corrected chi connectivity index (χ2v) is 3.83. The van der Waals surface area contributed by atoms with Gasteiger partial charge in [-0.3, -0.25) is 0 Å². The Labute approximate surface area is 71.0 Å². The molecule has 0 fully saturated rings. The van der Waals surface area contributed by atoms with Crippen molar-refractivity contribution in [2.24, 2.45) is 15.6 Å². The average Bonchev–Trinajstić information content (AvgIpc) is 2.30. The van der Waals surface area contributed by atoms with Crippen molar-refractivity contribution >= 4 is 17.4 Å². The molecule has 0 aromatic rings. The molecule has 0 bridgehead atoms. The van der Waals surface area contributed by atoms with Crippen LogP contribution < -0.4 is 0 Å². The number of carboxylic acids is 1. The highest BCUT2D eigenvalue weighted by Crippen LogP contribution is 2.22. The van der Waals surface area contributed by atoms with Gasteiger partial charge in [0.05, 0.1) is 5.71 Å². The molecule has 4 nitrogen and oxygen atoms in total. The van der Waals surface area contributed by atoms with Crippen molar-refractivity contribution in [1.82, 2.24) is 0 Å². The van der Waals surface area contributed by atoms with Crippen molar-refractivity contribution in [2.45, 2.75) is 27.2 Å². The number of hydrogen-bond donors (Lipinski definition) is 1. The highest BCUT2D eigenvalue weighted by Gasteiger charge is 2.27. The summed E-state index contributed by atoms with van der Waals surface area (Å²) in [6.45, 7) is 5.98. The lowest BCUT2D eigenvalue weighted by Crippen LogP contribution is -2.22. The van der Waals surface area contributed by atoms with Crippen molar-refractivity contribution < 1.29 is 9.90 Å². The van der Waals surface area contributed by atoms with Crippen LogP contribution in [0.5, 0.6) is 0 Å². The molecule has 0 amide bonds. The number of hydrogen-bond acceptors (Lipinski definition) is 3. The molecule has 1 aliphatic heterocycles. The van der Waals surface area contributed by atoms with Crippen LogP contribution in [0.1, 0.15) is 27.2 Å². The number of nitrogens with zero attached hydrogens (tertiary/aromatic N) is 2. The van der Waals surface area contributed by atoms with E-state index in [0.29, 0.717) is 6.42 Å². The van der Waals surface area contributed by atoms with Crippen LogP contribution in [0.4, 0.5) is 0 Å². The van der Waals surface area contributed by atoms with E-state index in [1.807, 2.05) is 20.8 Å². The summed E-state index contributed by atoms with van der Waals surface area (Å²) in [7, 11) is 0. The SMILES string of the molecule is CC(C)(C)C1=NN=C(C(=O)O)C1. The molecule has 0 aliphatic carbocycles. The molecule has 1 aliphatic rings. The zero-order valence-electron chi connectivity index (χ0n) is 7.46. The van der Waals surface area contributed by atoms with E-state index in [4.69, 9.17) is 5.11 Å². The Kier molecular flexibility index (Phi) is 2.00. The van der Waals surface area contributed by atoms with Crippen molar-refractivity contribution in [3.05, 3.63) is 0 Å². The lowest BCUT2D eigenvalue weighted by molar-refractivity contribution is -0.129. The average molecular weight is 168 g/mol. The predicted molar refractivity (Wildman–Crippen MR) is 46.6 cm³/mol. The number of carbonyl (C=O) groups is 1. The summed E-state index contributed by atoms with van der Waals surface area (Å²) in [4.78, 5) is 10.5. The fourth-order valence-corrected chi connectivity index (χ4v) is 0.884. The second kappa shape index (κ2) is 2.69. The van der Waals surface area contributed by atoms with Gasteiger partial charge in [0.25, 0.3) is 0 Å². The Bertz CT molecular complexity index is 271. The van der Waals surface area contributed by atoms with E-state index < -0.39 is 5.97 Å². The molecule has 1 rings (SSSR count). The van der Waals surface area contributed by atoms with Gasteiger partial charge in [-0.1, -0.05) is 20.8 Å². The standard InChI is InChI=1S/C8H12N2O2/c1-8(2,3)6-4-5(7(11)12)9-10-6/h4H2,1-3H3,(H,11,12). The minimum atomic E-state index is -0.974. The van der Waals surface area contributed by atoms with Crippen LogP contribution in [-0.4, -0.2) is 22.5 Å². The summed E-state index contributed by atoms with van der Waals surface area (Å²) in [5, 5.41) is 16.0. The quantitative estimate of drug-likeness (QED) is 0.641. The number of carboxylic acid groups (broad SMARTS) is 1. The van der Waals surface area contributed by atoms with Crippen molar-refractivity contribution in [3.63, 3.8) is 0 Å². The van der Waals surface area contributed by atoms with Gasteiger partial charge >= 0.3 is 5.97 Å². The molecular weight excluding hydrogens is 156 g/mol. The topological polar surface area (TPSA) is 62.0 Å². The van der Waals surface area contributed by atoms with Crippen LogP contribution in [0.15, 0.2) is 10.2 Å². The Balaban J connectivity index is 2.69. The van der Waals surface area contributed by atoms with Crippen LogP contribution in [-0.2, 0) is 4.79 Å². The Hall–Kier alpha value is -1.19. The van der Waals surface area contributed by atoms with Crippen LogP contribution in [0, 0.1) is 5.41 Å². The van der Waals surface area contributed by atoms with Crippen LogP contribution >= 0.6 is 0 Å². The van der Waals surface area contributed by atoms with E-state index in [2.05, 4.69) is 10.2 Å². The molecule has 0 saturated heterocycles. The molecule has 0 spiro atoms. The number of rotatable bonds is 1. The third-order valence-corrected chi connectivity index (χ3v) is 1.74. The zero-order valence-corrected chi connectivity index (χ0v) is 7.46. The summed E-state index contributed by atoms with van der Waals surface area (Å²) in [5.74, 6) is -0.974. The molecule has 0 atom stereocenters. The zero-order chi connectivity index (χ0) is 9.35. The van der Waals surface area contributed by atoms with E-state index in [1.165, 1.54) is 0 Å². The molecule has 0 radical (unpaired) electrons. The maximum Gasteiger partial charge on any atom is 0.352 e. The lowest BCUT2D eigenvalue weighted by atomic mass is 9.87. The van der Waals surface area contributed by atoms with Gasteiger partial charge in [0, 0.05) is 11.8 Å². The van der Waals surface area contributed by atoms with E-state index >= 15 is 0 Å². The third-order valence-electron chi connectivity index (χ3n) is 1.74. The monoisotopic (exact) mass is 168 g/mol. The molecule has 0 unspecified atom stereocenters. The molecule has 1 N–H and O–H groups in total. The molecule has 0 aromatic heterocycles. The van der Waals surface area contributed by atoms with Crippen molar-refractivity contribution in [3.8, 4) is 0 Å². The molecule has 66 valence electrons. The fourth-order valence-electron chi connectivity index (χ4n) is 0.884. The molecule has 12 heavy (non-hydrogen) atoms. The normalized spacial score (nSPS) is 17.2. The van der Waals surface area contributed by atoms with E-state index in [0.717, 1.165) is 5.71 Å². The molecular formula is C8H12N2O2. The Morgan fingerprint density at radius 2 is 2.00 bits per heavy atom. The van der Waals surface area contributed by atoms with Gasteiger partial charge in [0.1, 0.15) is 0 Å². The van der Waals surface area contributed by atoms with Gasteiger partial charge in [-0.05, 0) is 0 Å². The van der Waals surface area contributed by atoms with E-state index in [1.54, 1.807) is 0 Å². The lowest BCUT2D eigenvalue weighted by Gasteiger charge is -2.16. The Morgan fingerprint density at radius 1 is 1.42 bits per heavy atom. The fraction of sp³-hybridized carbons (Fsp3) is 0.625. The van der Waals surface area contributed by atoms with E-state index in [9.17, 15) is 4.79 Å². The first-order valence-electron chi connectivity index (χ1n) is 3.78. The van der Waals surface area contributed by atoms with Crippen LogP contribution in [0.2, 0.25) is 0 Å². The highest BCUT2D eigenvalue weighted by molar-refractivity contribution is 6.40. The van der Waals surface area contributed by atoms with Gasteiger partial charge in [-0.25, -0.2) is 4.79 Å². The van der Waals surface area contributed by atoms with Crippen LogP contribution in [0.25, 0.3) is 0 Å². The number of aliphatic carboxylic acids is 1. The van der Waals surface area contributed by atoms with Gasteiger partial charge in [0.15, 0.2) is 5.71 Å². The van der Waals surface area contributed by atoms with Crippen molar-refractivity contribution in [2.75, 3.05) is 0 Å². The smallest absolute Gasteiger partial charge is 0.352 e. The van der Waals surface area contributed by atoms with Gasteiger partial charge in [0.2, 0.25) is 0 Å². The first-order valence-corrected chi connectivity index (χ1v) is 3.78. The maximum atomic E-state index is 10.5. The van der Waals surface area contributed by atoms with Crippen LogP contribution in [0.3, 0.4) is 0 Å². The maximum absolute atomic E-state index is 10.5. The summed E-state index contributed by atoms with van der Waals surface area (Å²) in [6.07, 6.45) is 0.374. The van der Waals surface area contributed by atoms with E-state index in [-0.39, 0.29) is 11.1 Å². The molecule has 0 saturated carbocycles. The third kappa shape index (κ3) is 1.69. The predicted octanol–water partition coefficient (Wildman–Crippen LogP) is 1.32. The molecule has 4 heteroatoms. The molecule has 1 heterocycles. The second-order valence-electron chi connectivity index (χ2n) is 3.83. The summed E-state index contributed by atoms with van der Waals surface area (Å²) in [6, 6.07) is 0. The summed E-state index contributed by atoms with van der Waals surface area (Å²) in [5.41, 5.74) is 0.889. The molecule has 0 aromatic carbocycles. The minimum Gasteiger partial charge on any atom is -0.477 e. The summed E-state index contributed by atoms with van der Waals surface area (Å²) >= 11 is 0.